The van der Waals surface area contributed by atoms with Gasteiger partial charge in [0.25, 0.3) is 0 Å². The fourth-order valence-electron chi connectivity index (χ4n) is 2.63. The van der Waals surface area contributed by atoms with E-state index in [-0.39, 0.29) is 0 Å². The minimum Gasteiger partial charge on any atom is -0.389 e. The average molecular weight is 310 g/mol. The summed E-state index contributed by atoms with van der Waals surface area (Å²) in [4.78, 5) is 7.54. The number of thiocarbonyl (C=S) groups is 1. The molecule has 2 rings (SSSR count). The van der Waals surface area contributed by atoms with E-state index in [9.17, 15) is 0 Å². The van der Waals surface area contributed by atoms with E-state index in [1.54, 1.807) is 0 Å². The Morgan fingerprint density at radius 1 is 1.50 bits per heavy atom. The molecule has 110 valence electrons. The van der Waals surface area contributed by atoms with E-state index in [0.717, 1.165) is 30.0 Å². The van der Waals surface area contributed by atoms with Gasteiger partial charge in [-0.25, -0.2) is 4.98 Å². The Hall–Kier alpha value is -0.810. The van der Waals surface area contributed by atoms with Crippen LogP contribution in [0.2, 0.25) is 0 Å². The minimum absolute atomic E-state index is 0.409. The van der Waals surface area contributed by atoms with Gasteiger partial charge in [0.1, 0.15) is 10.8 Å². The highest BCUT2D eigenvalue weighted by atomic mass is 32.2. The van der Waals surface area contributed by atoms with Gasteiger partial charge in [-0.05, 0) is 50.5 Å². The van der Waals surface area contributed by atoms with Crippen LogP contribution in [-0.4, -0.2) is 35.1 Å². The van der Waals surface area contributed by atoms with E-state index in [1.807, 2.05) is 11.8 Å². The molecule has 1 heterocycles. The van der Waals surface area contributed by atoms with E-state index in [0.29, 0.717) is 11.0 Å². The lowest BCUT2D eigenvalue weighted by Crippen LogP contribution is -2.34. The molecule has 1 aliphatic carbocycles. The van der Waals surface area contributed by atoms with Crippen LogP contribution in [0.15, 0.2) is 6.07 Å². The number of nitrogens with zero attached hydrogens (tertiary/aromatic N) is 2. The summed E-state index contributed by atoms with van der Waals surface area (Å²) in [7, 11) is 2.08. The summed E-state index contributed by atoms with van der Waals surface area (Å²) in [6.45, 7) is 2.21. The second-order valence-corrected chi connectivity index (χ2v) is 6.80. The summed E-state index contributed by atoms with van der Waals surface area (Å²) >= 11 is 7.07. The van der Waals surface area contributed by atoms with Gasteiger partial charge in [0.2, 0.25) is 0 Å². The number of thioether (sulfide) groups is 1. The number of hydrogen-bond donors (Lipinski definition) is 1. The van der Waals surface area contributed by atoms with E-state index in [1.165, 1.54) is 24.1 Å². The maximum Gasteiger partial charge on any atom is 0.139 e. The molecule has 5 heteroatoms. The van der Waals surface area contributed by atoms with Crippen molar-refractivity contribution in [2.45, 2.75) is 38.6 Å². The van der Waals surface area contributed by atoms with Crippen LogP contribution in [0.4, 0.5) is 5.82 Å². The summed E-state index contributed by atoms with van der Waals surface area (Å²) in [5, 5.41) is 0. The third-order valence-electron chi connectivity index (χ3n) is 3.95. The molecule has 0 aromatic carbocycles. The summed E-state index contributed by atoms with van der Waals surface area (Å²) in [5.41, 5.74) is 9.40. The normalized spacial score (nSPS) is 15.6. The number of fused-ring (bicyclic) bond motifs is 1. The number of aromatic nitrogens is 1. The van der Waals surface area contributed by atoms with Crippen molar-refractivity contribution < 1.29 is 0 Å². The molecular weight excluding hydrogens is 286 g/mol. The highest BCUT2D eigenvalue weighted by Gasteiger charge is 2.20. The molecule has 1 unspecified atom stereocenters. The molecule has 2 N–H and O–H groups in total. The number of rotatable bonds is 5. The van der Waals surface area contributed by atoms with Crippen molar-refractivity contribution in [1.82, 2.24) is 4.98 Å². The van der Waals surface area contributed by atoms with Crippen molar-refractivity contribution in [2.24, 2.45) is 5.73 Å². The van der Waals surface area contributed by atoms with E-state index >= 15 is 0 Å². The summed E-state index contributed by atoms with van der Waals surface area (Å²) in [6.07, 6.45) is 6.77. The molecule has 0 radical (unpaired) electrons. The highest BCUT2D eigenvalue weighted by Crippen LogP contribution is 2.27. The minimum atomic E-state index is 0.409. The SMILES string of the molecule is CSCC(C)N(C)c1nc2c(cc1C(N)=S)CCCC2. The summed E-state index contributed by atoms with van der Waals surface area (Å²) in [5.74, 6) is 2.01. The molecule has 0 fully saturated rings. The Morgan fingerprint density at radius 3 is 2.85 bits per heavy atom. The summed E-state index contributed by atoms with van der Waals surface area (Å²) in [6, 6.07) is 2.58. The van der Waals surface area contributed by atoms with Crippen LogP contribution in [0, 0.1) is 0 Å². The van der Waals surface area contributed by atoms with Gasteiger partial charge in [-0.15, -0.1) is 0 Å². The van der Waals surface area contributed by atoms with Gasteiger partial charge >= 0.3 is 0 Å². The largest absolute Gasteiger partial charge is 0.389 e. The zero-order valence-electron chi connectivity index (χ0n) is 12.5. The first-order valence-corrected chi connectivity index (χ1v) is 8.89. The molecule has 20 heavy (non-hydrogen) atoms. The van der Waals surface area contributed by atoms with Crippen LogP contribution in [0.25, 0.3) is 0 Å². The first kappa shape index (κ1) is 15.6. The zero-order chi connectivity index (χ0) is 14.7. The average Bonchev–Trinajstić information content (AvgIpc) is 2.45. The number of nitrogens with two attached hydrogens (primary N) is 1. The molecule has 1 atom stereocenters. The first-order valence-electron chi connectivity index (χ1n) is 7.09. The predicted molar refractivity (Wildman–Crippen MR) is 93.0 cm³/mol. The Kier molecular flexibility index (Phi) is 5.27. The molecule has 0 saturated carbocycles. The van der Waals surface area contributed by atoms with Crippen LogP contribution in [0.5, 0.6) is 0 Å². The zero-order valence-corrected chi connectivity index (χ0v) is 14.1. The monoisotopic (exact) mass is 309 g/mol. The smallest absolute Gasteiger partial charge is 0.139 e. The lowest BCUT2D eigenvalue weighted by atomic mass is 9.94. The Balaban J connectivity index is 2.41. The highest BCUT2D eigenvalue weighted by molar-refractivity contribution is 7.98. The molecule has 1 aromatic heterocycles. The van der Waals surface area contributed by atoms with Crippen LogP contribution in [0.3, 0.4) is 0 Å². The second kappa shape index (κ2) is 6.76. The molecule has 3 nitrogen and oxygen atoms in total. The lowest BCUT2D eigenvalue weighted by molar-refractivity contribution is 0.662. The number of anilines is 1. The standard InChI is InChI=1S/C15H23N3S2/c1-10(9-20-3)18(2)15-12(14(16)19)8-11-6-4-5-7-13(11)17-15/h8,10H,4-7,9H2,1-3H3,(H2,16,19). The molecule has 0 bridgehead atoms. The van der Waals surface area contributed by atoms with Crippen molar-refractivity contribution in [1.29, 1.82) is 0 Å². The van der Waals surface area contributed by atoms with E-state index in [2.05, 4.69) is 31.2 Å². The van der Waals surface area contributed by atoms with Gasteiger partial charge in [0.05, 0.1) is 5.56 Å². The van der Waals surface area contributed by atoms with Gasteiger partial charge in [-0.1, -0.05) is 12.2 Å². The fourth-order valence-corrected chi connectivity index (χ4v) is 3.49. The van der Waals surface area contributed by atoms with Crippen LogP contribution < -0.4 is 10.6 Å². The van der Waals surface area contributed by atoms with Gasteiger partial charge in [0, 0.05) is 24.5 Å². The van der Waals surface area contributed by atoms with Crippen LogP contribution in [-0.2, 0) is 12.8 Å². The van der Waals surface area contributed by atoms with Crippen molar-refractivity contribution in [3.8, 4) is 0 Å². The molecule has 0 spiro atoms. The molecule has 0 aliphatic heterocycles. The van der Waals surface area contributed by atoms with Gasteiger partial charge in [-0.2, -0.15) is 11.8 Å². The Bertz CT molecular complexity index is 502. The molecule has 1 aliphatic rings. The maximum atomic E-state index is 5.92. The topological polar surface area (TPSA) is 42.2 Å². The molecule has 0 amide bonds. The quantitative estimate of drug-likeness (QED) is 0.847. The molecule has 0 saturated heterocycles. The fraction of sp³-hybridized carbons (Fsp3) is 0.600. The summed E-state index contributed by atoms with van der Waals surface area (Å²) < 4.78 is 0. The Labute approximate surface area is 131 Å². The predicted octanol–water partition coefficient (Wildman–Crippen LogP) is 2.78. The van der Waals surface area contributed by atoms with Crippen LogP contribution >= 0.6 is 24.0 Å². The molecule has 1 aromatic rings. The van der Waals surface area contributed by atoms with Crippen molar-refractivity contribution in [3.05, 3.63) is 22.9 Å². The van der Waals surface area contributed by atoms with E-state index < -0.39 is 0 Å². The van der Waals surface area contributed by atoms with Crippen LogP contribution in [0.1, 0.15) is 36.6 Å². The third-order valence-corrected chi connectivity index (χ3v) is 4.98. The number of hydrogen-bond acceptors (Lipinski definition) is 4. The van der Waals surface area contributed by atoms with Crippen molar-refractivity contribution >= 4 is 34.8 Å². The van der Waals surface area contributed by atoms with Gasteiger partial charge in [-0.3, -0.25) is 0 Å². The van der Waals surface area contributed by atoms with Gasteiger partial charge in [0.15, 0.2) is 0 Å². The second-order valence-electron chi connectivity index (χ2n) is 5.45. The van der Waals surface area contributed by atoms with E-state index in [4.69, 9.17) is 22.9 Å². The Morgan fingerprint density at radius 2 is 2.20 bits per heavy atom. The number of aryl methyl sites for hydroxylation is 2. The number of pyridine rings is 1. The van der Waals surface area contributed by atoms with Crippen molar-refractivity contribution in [3.63, 3.8) is 0 Å². The maximum absolute atomic E-state index is 5.92. The first-order chi connectivity index (χ1) is 9.54. The van der Waals surface area contributed by atoms with Gasteiger partial charge < -0.3 is 10.6 Å². The third kappa shape index (κ3) is 3.26. The lowest BCUT2D eigenvalue weighted by Gasteiger charge is -2.29. The van der Waals surface area contributed by atoms with Crippen molar-refractivity contribution in [2.75, 3.05) is 24.0 Å². The molecular formula is C15H23N3S2.